The van der Waals surface area contributed by atoms with Crippen molar-refractivity contribution in [1.29, 1.82) is 0 Å². The van der Waals surface area contributed by atoms with Crippen molar-refractivity contribution in [3.8, 4) is 11.1 Å². The van der Waals surface area contributed by atoms with Crippen molar-refractivity contribution in [2.45, 2.75) is 19.8 Å². The van der Waals surface area contributed by atoms with Gasteiger partial charge >= 0.3 is 0 Å². The molecule has 0 aliphatic carbocycles. The third kappa shape index (κ3) is 2.37. The lowest BCUT2D eigenvalue weighted by molar-refractivity contribution is -0.617. The second-order valence-corrected chi connectivity index (χ2v) is 6.42. The third-order valence-electron chi connectivity index (χ3n) is 4.85. The summed E-state index contributed by atoms with van der Waals surface area (Å²) in [6.07, 6.45) is 2.33. The van der Waals surface area contributed by atoms with E-state index in [1.165, 1.54) is 44.9 Å². The van der Waals surface area contributed by atoms with Gasteiger partial charge in [-0.2, -0.15) is 4.57 Å². The molecule has 1 nitrogen and oxygen atoms in total. The average Bonchev–Trinajstić information content (AvgIpc) is 2.64. The monoisotopic (exact) mass is 312 g/mol. The highest BCUT2D eigenvalue weighted by Gasteiger charge is 2.18. The summed E-state index contributed by atoms with van der Waals surface area (Å²) in [5.41, 5.74) is 6.58. The molecule has 0 fully saturated rings. The van der Waals surface area contributed by atoms with Gasteiger partial charge in [-0.05, 0) is 29.7 Å². The molecule has 0 unspecified atom stereocenters. The molecule has 0 atom stereocenters. The van der Waals surface area contributed by atoms with Gasteiger partial charge < -0.3 is 0 Å². The zero-order valence-electron chi connectivity index (χ0n) is 14.3. The number of nitrogens with zero attached hydrogens (tertiary/aromatic N) is 1. The predicted molar refractivity (Wildman–Crippen MR) is 102 cm³/mol. The number of pyridine rings is 1. The minimum atomic E-state index is 1.14. The van der Waals surface area contributed by atoms with E-state index >= 15 is 0 Å². The highest BCUT2D eigenvalue weighted by atomic mass is 14.9. The molecule has 0 N–H and O–H groups in total. The van der Waals surface area contributed by atoms with Crippen LogP contribution in [0.4, 0.5) is 0 Å². The second kappa shape index (κ2) is 6.09. The number of benzene rings is 3. The number of aromatic nitrogens is 1. The maximum Gasteiger partial charge on any atom is 0.213 e. The topological polar surface area (TPSA) is 3.88 Å². The van der Waals surface area contributed by atoms with E-state index in [0.717, 1.165) is 6.42 Å². The normalized spacial score (nSPS) is 11.2. The number of para-hydroxylation sites is 2. The van der Waals surface area contributed by atoms with E-state index in [-0.39, 0.29) is 0 Å². The molecule has 4 aromatic rings. The minimum absolute atomic E-state index is 1.14. The lowest BCUT2D eigenvalue weighted by Crippen LogP contribution is -2.30. The molecule has 0 aliphatic rings. The van der Waals surface area contributed by atoms with Crippen LogP contribution < -0.4 is 4.57 Å². The Balaban J connectivity index is 2.06. The summed E-state index contributed by atoms with van der Waals surface area (Å²) in [6, 6.07) is 26.5. The van der Waals surface area contributed by atoms with Gasteiger partial charge in [-0.1, -0.05) is 61.9 Å². The summed E-state index contributed by atoms with van der Waals surface area (Å²) in [5.74, 6) is 0. The Kier molecular flexibility index (Phi) is 3.78. The van der Waals surface area contributed by atoms with E-state index < -0.39 is 0 Å². The first-order chi connectivity index (χ1) is 11.8. The summed E-state index contributed by atoms with van der Waals surface area (Å²) < 4.78 is 2.29. The van der Waals surface area contributed by atoms with E-state index in [9.17, 15) is 0 Å². The van der Waals surface area contributed by atoms with Crippen molar-refractivity contribution in [3.63, 3.8) is 0 Å². The molecule has 118 valence electrons. The van der Waals surface area contributed by atoms with E-state index in [0.29, 0.717) is 0 Å². The fraction of sp³-hybridized carbons (Fsp3) is 0.174. The van der Waals surface area contributed by atoms with E-state index in [1.54, 1.807) is 0 Å². The molecule has 1 aromatic heterocycles. The van der Waals surface area contributed by atoms with Gasteiger partial charge in [-0.15, -0.1) is 0 Å². The Labute approximate surface area is 143 Å². The predicted octanol–water partition coefficient (Wildman–Crippen LogP) is 5.44. The number of rotatable bonds is 3. The Morgan fingerprint density at radius 1 is 0.708 bits per heavy atom. The Hall–Kier alpha value is -2.67. The first-order valence-corrected chi connectivity index (χ1v) is 8.68. The van der Waals surface area contributed by atoms with Crippen LogP contribution in [0.1, 0.15) is 18.9 Å². The SMILES string of the molecule is CCCc1ccc(-c2c3ccccc3[n+](C)c3ccccc23)cc1. The molecular formula is C23H22N+. The van der Waals surface area contributed by atoms with Crippen LogP contribution in [0, 0.1) is 0 Å². The van der Waals surface area contributed by atoms with Gasteiger partial charge in [0.15, 0.2) is 0 Å². The summed E-state index contributed by atoms with van der Waals surface area (Å²) in [4.78, 5) is 0. The molecule has 0 amide bonds. The standard InChI is InChI=1S/C23H22N/c1-3-8-17-13-15-18(16-14-17)23-19-9-4-6-11-21(19)24(2)22-12-7-5-10-20(22)23/h4-7,9-16H,3,8H2,1-2H3/q+1. The van der Waals surface area contributed by atoms with Crippen molar-refractivity contribution in [1.82, 2.24) is 0 Å². The fourth-order valence-electron chi connectivity index (χ4n) is 3.67. The van der Waals surface area contributed by atoms with E-state index in [4.69, 9.17) is 0 Å². The molecular weight excluding hydrogens is 290 g/mol. The molecule has 3 aromatic carbocycles. The lowest BCUT2D eigenvalue weighted by atomic mass is 9.94. The zero-order chi connectivity index (χ0) is 16.5. The molecule has 24 heavy (non-hydrogen) atoms. The van der Waals surface area contributed by atoms with Gasteiger partial charge in [0.1, 0.15) is 7.05 Å². The second-order valence-electron chi connectivity index (χ2n) is 6.42. The molecule has 0 radical (unpaired) electrons. The molecule has 0 aliphatic heterocycles. The molecule has 0 spiro atoms. The van der Waals surface area contributed by atoms with Crippen molar-refractivity contribution >= 4 is 21.8 Å². The van der Waals surface area contributed by atoms with Gasteiger partial charge in [0.25, 0.3) is 0 Å². The number of hydrogen-bond donors (Lipinski definition) is 0. The first-order valence-electron chi connectivity index (χ1n) is 8.68. The summed E-state index contributed by atoms with van der Waals surface area (Å²) in [6.45, 7) is 2.23. The highest BCUT2D eigenvalue weighted by Crippen LogP contribution is 2.33. The van der Waals surface area contributed by atoms with Gasteiger partial charge in [0.2, 0.25) is 11.0 Å². The van der Waals surface area contributed by atoms with Crippen LogP contribution in [0.3, 0.4) is 0 Å². The van der Waals surface area contributed by atoms with Crippen molar-refractivity contribution < 1.29 is 4.57 Å². The fourth-order valence-corrected chi connectivity index (χ4v) is 3.67. The summed E-state index contributed by atoms with van der Waals surface area (Å²) in [5, 5.41) is 2.61. The number of hydrogen-bond acceptors (Lipinski definition) is 0. The molecule has 1 heterocycles. The third-order valence-corrected chi connectivity index (χ3v) is 4.85. The van der Waals surface area contributed by atoms with Crippen LogP contribution in [0.25, 0.3) is 32.9 Å². The Morgan fingerprint density at radius 2 is 1.25 bits per heavy atom. The van der Waals surface area contributed by atoms with Crippen LogP contribution in [-0.2, 0) is 13.5 Å². The molecule has 0 saturated heterocycles. The van der Waals surface area contributed by atoms with Crippen molar-refractivity contribution in [2.24, 2.45) is 7.05 Å². The van der Waals surface area contributed by atoms with Gasteiger partial charge in [0, 0.05) is 17.7 Å². The minimum Gasteiger partial charge on any atom is -0.194 e. The van der Waals surface area contributed by atoms with Gasteiger partial charge in [0.05, 0.1) is 10.8 Å². The van der Waals surface area contributed by atoms with Crippen LogP contribution in [0.2, 0.25) is 0 Å². The summed E-state index contributed by atoms with van der Waals surface area (Å²) in [7, 11) is 2.15. The zero-order valence-corrected chi connectivity index (χ0v) is 14.3. The smallest absolute Gasteiger partial charge is 0.194 e. The molecule has 0 bridgehead atoms. The maximum atomic E-state index is 2.29. The van der Waals surface area contributed by atoms with Crippen LogP contribution >= 0.6 is 0 Å². The van der Waals surface area contributed by atoms with Crippen LogP contribution in [-0.4, -0.2) is 0 Å². The summed E-state index contributed by atoms with van der Waals surface area (Å²) >= 11 is 0. The Morgan fingerprint density at radius 3 is 1.79 bits per heavy atom. The maximum absolute atomic E-state index is 2.29. The average molecular weight is 312 g/mol. The van der Waals surface area contributed by atoms with Crippen LogP contribution in [0.15, 0.2) is 72.8 Å². The van der Waals surface area contributed by atoms with Crippen molar-refractivity contribution in [2.75, 3.05) is 0 Å². The first kappa shape index (κ1) is 14.9. The number of aryl methyl sites for hydroxylation is 2. The Bertz CT molecular complexity index is 956. The highest BCUT2D eigenvalue weighted by molar-refractivity contribution is 6.07. The lowest BCUT2D eigenvalue weighted by Gasteiger charge is -2.11. The molecule has 0 saturated carbocycles. The van der Waals surface area contributed by atoms with Crippen LogP contribution in [0.5, 0.6) is 0 Å². The molecule has 4 rings (SSSR count). The van der Waals surface area contributed by atoms with Gasteiger partial charge in [-0.25, -0.2) is 0 Å². The van der Waals surface area contributed by atoms with E-state index in [2.05, 4.69) is 91.3 Å². The van der Waals surface area contributed by atoms with E-state index in [1.807, 2.05) is 0 Å². The molecule has 1 heteroatoms. The number of fused-ring (bicyclic) bond motifs is 2. The van der Waals surface area contributed by atoms with Gasteiger partial charge in [-0.3, -0.25) is 0 Å². The van der Waals surface area contributed by atoms with Crippen molar-refractivity contribution in [3.05, 3.63) is 78.4 Å². The largest absolute Gasteiger partial charge is 0.213 e. The quantitative estimate of drug-likeness (QED) is 0.350.